The Hall–Kier alpha value is -2.71. The molecule has 0 radical (unpaired) electrons. The lowest BCUT2D eigenvalue weighted by Gasteiger charge is -2.09. The molecule has 0 fully saturated rings. The Kier molecular flexibility index (Phi) is 7.09. The molecule has 0 bridgehead atoms. The van der Waals surface area contributed by atoms with Crippen LogP contribution in [0.2, 0.25) is 0 Å². The standard InChI is InChI=1S/C19H21NO6S/c1-14-7-9-15(10-8-14)27(23,24)20-12-11-19(22)26-13-17(21)16-5-3-4-6-18(16)25-2/h3-10,20H,11-13H2,1-2H3. The van der Waals surface area contributed by atoms with Crippen molar-refractivity contribution in [3.8, 4) is 5.75 Å². The molecule has 1 N–H and O–H groups in total. The maximum atomic E-state index is 12.1. The number of benzene rings is 2. The van der Waals surface area contributed by atoms with E-state index in [0.717, 1.165) is 5.56 Å². The van der Waals surface area contributed by atoms with Gasteiger partial charge in [-0.25, -0.2) is 13.1 Å². The molecule has 8 heteroatoms. The number of carbonyl (C=O) groups excluding carboxylic acids is 2. The van der Waals surface area contributed by atoms with Crippen LogP contribution in [0.3, 0.4) is 0 Å². The highest BCUT2D eigenvalue weighted by molar-refractivity contribution is 7.89. The van der Waals surface area contributed by atoms with Gasteiger partial charge in [-0.2, -0.15) is 0 Å². The molecule has 144 valence electrons. The topological polar surface area (TPSA) is 98.8 Å². The number of aryl methyl sites for hydroxylation is 1. The second-order valence-electron chi connectivity index (χ2n) is 5.74. The number of methoxy groups -OCH3 is 1. The maximum Gasteiger partial charge on any atom is 0.307 e. The number of para-hydroxylation sites is 1. The number of nitrogens with one attached hydrogen (secondary N) is 1. The zero-order valence-electron chi connectivity index (χ0n) is 15.1. The molecule has 2 aromatic rings. The monoisotopic (exact) mass is 391 g/mol. The number of ether oxygens (including phenoxy) is 2. The third-order valence-corrected chi connectivity index (χ3v) is 5.20. The average Bonchev–Trinajstić information content (AvgIpc) is 2.66. The van der Waals surface area contributed by atoms with Crippen molar-refractivity contribution < 1.29 is 27.5 Å². The largest absolute Gasteiger partial charge is 0.496 e. The minimum absolute atomic E-state index is 0.118. The zero-order chi connectivity index (χ0) is 19.9. The van der Waals surface area contributed by atoms with Crippen LogP contribution < -0.4 is 9.46 Å². The molecular weight excluding hydrogens is 370 g/mol. The third kappa shape index (κ3) is 5.90. The van der Waals surface area contributed by atoms with Crippen molar-refractivity contribution in [1.82, 2.24) is 4.72 Å². The lowest BCUT2D eigenvalue weighted by Crippen LogP contribution is -2.27. The highest BCUT2D eigenvalue weighted by Crippen LogP contribution is 2.17. The molecule has 0 saturated carbocycles. The summed E-state index contributed by atoms with van der Waals surface area (Å²) in [6, 6.07) is 13.0. The first-order chi connectivity index (χ1) is 12.8. The van der Waals surface area contributed by atoms with Crippen molar-refractivity contribution in [2.24, 2.45) is 0 Å². The maximum absolute atomic E-state index is 12.1. The first-order valence-electron chi connectivity index (χ1n) is 8.21. The normalized spacial score (nSPS) is 11.0. The number of sulfonamides is 1. The van der Waals surface area contributed by atoms with Gasteiger partial charge in [0.15, 0.2) is 6.61 Å². The summed E-state index contributed by atoms with van der Waals surface area (Å²) in [5.41, 5.74) is 1.25. The van der Waals surface area contributed by atoms with E-state index in [0.29, 0.717) is 11.3 Å². The van der Waals surface area contributed by atoms with Gasteiger partial charge in [0, 0.05) is 6.54 Å². The van der Waals surface area contributed by atoms with Crippen LogP contribution in [0, 0.1) is 6.92 Å². The summed E-state index contributed by atoms with van der Waals surface area (Å²) in [5, 5.41) is 0. The fraction of sp³-hybridized carbons (Fsp3) is 0.263. The number of hydrogen-bond donors (Lipinski definition) is 1. The van der Waals surface area contributed by atoms with Gasteiger partial charge in [-0.15, -0.1) is 0 Å². The van der Waals surface area contributed by atoms with E-state index in [1.807, 2.05) is 6.92 Å². The van der Waals surface area contributed by atoms with Gasteiger partial charge in [0.2, 0.25) is 15.8 Å². The number of hydrogen-bond acceptors (Lipinski definition) is 6. The fourth-order valence-corrected chi connectivity index (χ4v) is 3.29. The molecule has 0 aliphatic heterocycles. The molecule has 2 aromatic carbocycles. The Bertz CT molecular complexity index is 906. The van der Waals surface area contributed by atoms with Gasteiger partial charge in [-0.1, -0.05) is 29.8 Å². The number of rotatable bonds is 9. The summed E-state index contributed by atoms with van der Waals surface area (Å²) in [6.45, 7) is 1.29. The molecule has 0 saturated heterocycles. The van der Waals surface area contributed by atoms with E-state index in [1.54, 1.807) is 36.4 Å². The van der Waals surface area contributed by atoms with Crippen LogP contribution in [0.15, 0.2) is 53.4 Å². The van der Waals surface area contributed by atoms with Gasteiger partial charge >= 0.3 is 5.97 Å². The molecule has 0 amide bonds. The minimum Gasteiger partial charge on any atom is -0.496 e. The van der Waals surface area contributed by atoms with Crippen LogP contribution in [0.5, 0.6) is 5.75 Å². The third-order valence-electron chi connectivity index (χ3n) is 3.72. The van der Waals surface area contributed by atoms with Gasteiger partial charge < -0.3 is 9.47 Å². The van der Waals surface area contributed by atoms with Crippen molar-refractivity contribution in [2.75, 3.05) is 20.3 Å². The lowest BCUT2D eigenvalue weighted by atomic mass is 10.1. The SMILES string of the molecule is COc1ccccc1C(=O)COC(=O)CCNS(=O)(=O)c1ccc(C)cc1. The van der Waals surface area contributed by atoms with Gasteiger partial charge in [-0.05, 0) is 31.2 Å². The minimum atomic E-state index is -3.70. The van der Waals surface area contributed by atoms with Crippen molar-refractivity contribution in [3.63, 3.8) is 0 Å². The van der Waals surface area contributed by atoms with E-state index in [-0.39, 0.29) is 17.9 Å². The Morgan fingerprint density at radius 3 is 2.37 bits per heavy atom. The van der Waals surface area contributed by atoms with E-state index in [2.05, 4.69) is 4.72 Å². The fourth-order valence-electron chi connectivity index (χ4n) is 2.26. The molecule has 0 heterocycles. The van der Waals surface area contributed by atoms with E-state index in [4.69, 9.17) is 9.47 Å². The summed E-state index contributed by atoms with van der Waals surface area (Å²) in [5.74, 6) is -0.685. The van der Waals surface area contributed by atoms with Crippen molar-refractivity contribution in [1.29, 1.82) is 0 Å². The Morgan fingerprint density at radius 2 is 1.70 bits per heavy atom. The van der Waals surface area contributed by atoms with Gasteiger partial charge in [-0.3, -0.25) is 9.59 Å². The highest BCUT2D eigenvalue weighted by Gasteiger charge is 2.16. The van der Waals surface area contributed by atoms with E-state index in [1.165, 1.54) is 19.2 Å². The molecule has 2 rings (SSSR count). The van der Waals surface area contributed by atoms with Gasteiger partial charge in [0.1, 0.15) is 5.75 Å². The molecule has 7 nitrogen and oxygen atoms in total. The number of esters is 1. The predicted octanol–water partition coefficient (Wildman–Crippen LogP) is 2.10. The highest BCUT2D eigenvalue weighted by atomic mass is 32.2. The van der Waals surface area contributed by atoms with Gasteiger partial charge in [0.05, 0.1) is 24.0 Å². The number of carbonyl (C=O) groups is 2. The number of Topliss-reactive ketones (excluding diaryl/α,β-unsaturated/α-hetero) is 1. The van der Waals surface area contributed by atoms with Gasteiger partial charge in [0.25, 0.3) is 0 Å². The molecule has 0 atom stereocenters. The average molecular weight is 391 g/mol. The van der Waals surface area contributed by atoms with Crippen LogP contribution in [0.1, 0.15) is 22.3 Å². The summed E-state index contributed by atoms with van der Waals surface area (Å²) in [4.78, 5) is 24.0. The first-order valence-corrected chi connectivity index (χ1v) is 9.70. The molecule has 27 heavy (non-hydrogen) atoms. The summed E-state index contributed by atoms with van der Waals surface area (Å²) in [6.07, 6.45) is -0.190. The predicted molar refractivity (Wildman–Crippen MR) is 99.3 cm³/mol. The van der Waals surface area contributed by atoms with Crippen LogP contribution in [0.25, 0.3) is 0 Å². The zero-order valence-corrected chi connectivity index (χ0v) is 15.9. The lowest BCUT2D eigenvalue weighted by molar-refractivity contribution is -0.142. The summed E-state index contributed by atoms with van der Waals surface area (Å²) in [7, 11) is -2.25. The molecule has 0 spiro atoms. The van der Waals surface area contributed by atoms with Crippen LogP contribution in [0.4, 0.5) is 0 Å². The van der Waals surface area contributed by atoms with E-state index < -0.39 is 28.4 Å². The Balaban J connectivity index is 1.81. The second-order valence-corrected chi connectivity index (χ2v) is 7.51. The quantitative estimate of drug-likeness (QED) is 0.519. The van der Waals surface area contributed by atoms with E-state index in [9.17, 15) is 18.0 Å². The molecule has 0 aliphatic carbocycles. The van der Waals surface area contributed by atoms with E-state index >= 15 is 0 Å². The summed E-state index contributed by atoms with van der Waals surface area (Å²) < 4.78 is 36.6. The first kappa shape index (κ1) is 20.6. The van der Waals surface area contributed by atoms with Crippen molar-refractivity contribution in [2.45, 2.75) is 18.2 Å². The van der Waals surface area contributed by atoms with Crippen LogP contribution >= 0.6 is 0 Å². The van der Waals surface area contributed by atoms with Crippen molar-refractivity contribution >= 4 is 21.8 Å². The summed E-state index contributed by atoms with van der Waals surface area (Å²) >= 11 is 0. The van der Waals surface area contributed by atoms with Crippen LogP contribution in [-0.4, -0.2) is 40.4 Å². The second kappa shape index (κ2) is 9.29. The molecule has 0 unspecified atom stereocenters. The number of ketones is 1. The van der Waals surface area contributed by atoms with Crippen LogP contribution in [-0.2, 0) is 19.6 Å². The molecular formula is C19H21NO6S. The Morgan fingerprint density at radius 1 is 1.04 bits per heavy atom. The molecule has 0 aromatic heterocycles. The Labute approximate surface area is 158 Å². The molecule has 0 aliphatic rings. The van der Waals surface area contributed by atoms with Crippen molar-refractivity contribution in [3.05, 3.63) is 59.7 Å². The smallest absolute Gasteiger partial charge is 0.307 e.